The standard InChI is InChI=1S/C12H14Cl2N2O.C2H6/c13-9-4-3-8(6-10(9)14)7-16-5-1-2-11(15)12(16)17;1-2/h3-4,6,11H,1-2,5,7,15H2;1-2H3. The van der Waals surface area contributed by atoms with Gasteiger partial charge in [-0.25, -0.2) is 0 Å². The Kier molecular flexibility index (Phi) is 6.63. The normalized spacial score (nSPS) is 18.9. The van der Waals surface area contributed by atoms with Crippen LogP contribution in [0.4, 0.5) is 0 Å². The first-order chi connectivity index (χ1) is 9.08. The molecule has 1 unspecified atom stereocenters. The van der Waals surface area contributed by atoms with Crippen LogP contribution in [0.3, 0.4) is 0 Å². The number of carbonyl (C=O) groups excluding carboxylic acids is 1. The number of hydrogen-bond donors (Lipinski definition) is 1. The molecule has 1 heterocycles. The van der Waals surface area contributed by atoms with Crippen molar-refractivity contribution >= 4 is 29.1 Å². The molecule has 2 N–H and O–H groups in total. The molecule has 0 aliphatic carbocycles. The van der Waals surface area contributed by atoms with Crippen LogP contribution in [0.1, 0.15) is 32.3 Å². The zero-order chi connectivity index (χ0) is 14.4. The van der Waals surface area contributed by atoms with E-state index in [1.807, 2.05) is 19.9 Å². The van der Waals surface area contributed by atoms with E-state index in [1.54, 1.807) is 17.0 Å². The summed E-state index contributed by atoms with van der Waals surface area (Å²) in [4.78, 5) is 13.6. The predicted molar refractivity (Wildman–Crippen MR) is 80.4 cm³/mol. The summed E-state index contributed by atoms with van der Waals surface area (Å²) in [6.45, 7) is 5.30. The Hall–Kier alpha value is -0.770. The molecule has 1 atom stereocenters. The van der Waals surface area contributed by atoms with Gasteiger partial charge < -0.3 is 10.6 Å². The number of halogens is 2. The second-order valence-corrected chi connectivity index (χ2v) is 5.07. The van der Waals surface area contributed by atoms with Crippen LogP contribution in [-0.2, 0) is 11.3 Å². The van der Waals surface area contributed by atoms with Gasteiger partial charge in [-0.05, 0) is 30.5 Å². The Morgan fingerprint density at radius 1 is 1.32 bits per heavy atom. The lowest BCUT2D eigenvalue weighted by Crippen LogP contribution is -2.47. The lowest BCUT2D eigenvalue weighted by molar-refractivity contribution is -0.135. The lowest BCUT2D eigenvalue weighted by atomic mass is 10.0. The Morgan fingerprint density at radius 2 is 2.00 bits per heavy atom. The molecule has 0 radical (unpaired) electrons. The highest BCUT2D eigenvalue weighted by molar-refractivity contribution is 6.42. The largest absolute Gasteiger partial charge is 0.337 e. The second kappa shape index (κ2) is 7.73. The zero-order valence-corrected chi connectivity index (χ0v) is 12.8. The number of likely N-dealkylation sites (tertiary alicyclic amines) is 1. The molecule has 1 saturated heterocycles. The van der Waals surface area contributed by atoms with Crippen molar-refractivity contribution in [3.63, 3.8) is 0 Å². The maximum absolute atomic E-state index is 11.8. The third-order valence-corrected chi connectivity index (χ3v) is 3.67. The van der Waals surface area contributed by atoms with E-state index < -0.39 is 0 Å². The van der Waals surface area contributed by atoms with Crippen LogP contribution >= 0.6 is 23.2 Å². The van der Waals surface area contributed by atoms with Gasteiger partial charge in [0.1, 0.15) is 0 Å². The van der Waals surface area contributed by atoms with Crippen molar-refractivity contribution in [2.75, 3.05) is 6.54 Å². The predicted octanol–water partition coefficient (Wildman–Crippen LogP) is 3.47. The van der Waals surface area contributed by atoms with Gasteiger partial charge in [0.25, 0.3) is 0 Å². The molecule has 1 aromatic rings. The van der Waals surface area contributed by atoms with E-state index in [4.69, 9.17) is 28.9 Å². The minimum Gasteiger partial charge on any atom is -0.337 e. The van der Waals surface area contributed by atoms with Gasteiger partial charge in [0.05, 0.1) is 16.1 Å². The fourth-order valence-corrected chi connectivity index (χ4v) is 2.31. The van der Waals surface area contributed by atoms with Gasteiger partial charge in [0.15, 0.2) is 0 Å². The van der Waals surface area contributed by atoms with Crippen molar-refractivity contribution in [1.29, 1.82) is 0 Å². The molecule has 1 aliphatic rings. The highest BCUT2D eigenvalue weighted by Gasteiger charge is 2.25. The summed E-state index contributed by atoms with van der Waals surface area (Å²) < 4.78 is 0. The van der Waals surface area contributed by atoms with Crippen LogP contribution in [0.5, 0.6) is 0 Å². The smallest absolute Gasteiger partial charge is 0.239 e. The summed E-state index contributed by atoms with van der Waals surface area (Å²) in [5, 5.41) is 1.04. The first kappa shape index (κ1) is 16.3. The number of nitrogens with zero attached hydrogens (tertiary/aromatic N) is 1. The summed E-state index contributed by atoms with van der Waals surface area (Å²) in [6, 6.07) is 5.05. The van der Waals surface area contributed by atoms with Crippen molar-refractivity contribution in [3.05, 3.63) is 33.8 Å². The quantitative estimate of drug-likeness (QED) is 0.909. The molecule has 0 bridgehead atoms. The maximum Gasteiger partial charge on any atom is 0.239 e. The van der Waals surface area contributed by atoms with E-state index in [0.29, 0.717) is 16.6 Å². The van der Waals surface area contributed by atoms with Gasteiger partial charge in [-0.15, -0.1) is 0 Å². The van der Waals surface area contributed by atoms with Crippen LogP contribution in [0.2, 0.25) is 10.0 Å². The van der Waals surface area contributed by atoms with Gasteiger partial charge in [-0.1, -0.05) is 43.1 Å². The molecule has 5 heteroatoms. The fraction of sp³-hybridized carbons (Fsp3) is 0.500. The second-order valence-electron chi connectivity index (χ2n) is 4.26. The summed E-state index contributed by atoms with van der Waals surface area (Å²) in [6.07, 6.45) is 1.73. The van der Waals surface area contributed by atoms with E-state index in [2.05, 4.69) is 0 Å². The molecule has 106 valence electrons. The van der Waals surface area contributed by atoms with Crippen LogP contribution < -0.4 is 5.73 Å². The van der Waals surface area contributed by atoms with E-state index in [9.17, 15) is 4.79 Å². The number of nitrogens with two attached hydrogens (primary N) is 1. The molecule has 19 heavy (non-hydrogen) atoms. The van der Waals surface area contributed by atoms with Gasteiger partial charge in [0, 0.05) is 13.1 Å². The van der Waals surface area contributed by atoms with Gasteiger partial charge >= 0.3 is 0 Å². The zero-order valence-electron chi connectivity index (χ0n) is 11.3. The Balaban J connectivity index is 0.000000861. The van der Waals surface area contributed by atoms with Crippen LogP contribution in [0.15, 0.2) is 18.2 Å². The van der Waals surface area contributed by atoms with Gasteiger partial charge in [-0.2, -0.15) is 0 Å². The molecule has 1 aromatic carbocycles. The highest BCUT2D eigenvalue weighted by Crippen LogP contribution is 2.24. The first-order valence-corrected chi connectivity index (χ1v) is 7.32. The number of amides is 1. The van der Waals surface area contributed by atoms with E-state index in [1.165, 1.54) is 0 Å². The number of benzene rings is 1. The molecule has 1 fully saturated rings. The Labute approximate surface area is 124 Å². The molecule has 1 aliphatic heterocycles. The monoisotopic (exact) mass is 302 g/mol. The summed E-state index contributed by atoms with van der Waals surface area (Å²) in [5.74, 6) is 0.0160. The Bertz CT molecular complexity index is 437. The van der Waals surface area contributed by atoms with Crippen LogP contribution in [-0.4, -0.2) is 23.4 Å². The molecule has 0 aromatic heterocycles. The van der Waals surface area contributed by atoms with Crippen molar-refractivity contribution < 1.29 is 4.79 Å². The summed E-state index contributed by atoms with van der Waals surface area (Å²) >= 11 is 11.8. The van der Waals surface area contributed by atoms with E-state index in [-0.39, 0.29) is 11.9 Å². The maximum atomic E-state index is 11.8. The summed E-state index contributed by atoms with van der Waals surface area (Å²) in [5.41, 5.74) is 6.71. The minimum atomic E-state index is -0.355. The van der Waals surface area contributed by atoms with Crippen molar-refractivity contribution in [2.24, 2.45) is 5.73 Å². The molecule has 3 nitrogen and oxygen atoms in total. The number of piperidine rings is 1. The third kappa shape index (κ3) is 4.37. The topological polar surface area (TPSA) is 46.3 Å². The van der Waals surface area contributed by atoms with Crippen molar-refractivity contribution in [2.45, 2.75) is 39.3 Å². The van der Waals surface area contributed by atoms with E-state index >= 15 is 0 Å². The Morgan fingerprint density at radius 3 is 2.63 bits per heavy atom. The molecular formula is C14H20Cl2N2O. The molecule has 0 saturated carbocycles. The average Bonchev–Trinajstić information content (AvgIpc) is 2.42. The number of hydrogen-bond acceptors (Lipinski definition) is 2. The van der Waals surface area contributed by atoms with Gasteiger partial charge in [-0.3, -0.25) is 4.79 Å². The SMILES string of the molecule is CC.NC1CCCN(Cc2ccc(Cl)c(Cl)c2)C1=O. The fourth-order valence-electron chi connectivity index (χ4n) is 1.99. The number of rotatable bonds is 2. The molecular weight excluding hydrogens is 283 g/mol. The van der Waals surface area contributed by atoms with Gasteiger partial charge in [0.2, 0.25) is 5.91 Å². The van der Waals surface area contributed by atoms with Crippen LogP contribution in [0.25, 0.3) is 0 Å². The minimum absolute atomic E-state index is 0.0160. The van der Waals surface area contributed by atoms with Crippen LogP contribution in [0, 0.1) is 0 Å². The van der Waals surface area contributed by atoms with Crippen molar-refractivity contribution in [3.8, 4) is 0 Å². The summed E-state index contributed by atoms with van der Waals surface area (Å²) in [7, 11) is 0. The molecule has 1 amide bonds. The highest BCUT2D eigenvalue weighted by atomic mass is 35.5. The molecule has 2 rings (SSSR count). The lowest BCUT2D eigenvalue weighted by Gasteiger charge is -2.30. The average molecular weight is 303 g/mol. The molecule has 0 spiro atoms. The van der Waals surface area contributed by atoms with Crippen molar-refractivity contribution in [1.82, 2.24) is 4.90 Å². The first-order valence-electron chi connectivity index (χ1n) is 6.56. The van der Waals surface area contributed by atoms with E-state index in [0.717, 1.165) is 24.9 Å². The third-order valence-electron chi connectivity index (χ3n) is 2.93. The number of carbonyl (C=O) groups is 1.